The number of aromatic nitrogens is 2. The van der Waals surface area contributed by atoms with Crippen LogP contribution in [0.15, 0.2) is 23.0 Å². The summed E-state index contributed by atoms with van der Waals surface area (Å²) in [4.78, 5) is 32.1. The Hall–Kier alpha value is -2.12. The number of carbonyl (C=O) groups excluding carboxylic acids is 1. The number of hydrogen-bond acceptors (Lipinski definition) is 5. The normalized spacial score (nSPS) is 18.9. The molecule has 8 heteroatoms. The van der Waals surface area contributed by atoms with E-state index in [4.69, 9.17) is 22.1 Å². The van der Waals surface area contributed by atoms with Crippen molar-refractivity contribution in [2.45, 2.75) is 58.2 Å². The first-order valence-electron chi connectivity index (χ1n) is 9.52. The lowest BCUT2D eigenvalue weighted by atomic mass is 10.0. The van der Waals surface area contributed by atoms with Gasteiger partial charge in [0.05, 0.1) is 28.0 Å². The summed E-state index contributed by atoms with van der Waals surface area (Å²) in [6, 6.07) is 4.52. The van der Waals surface area contributed by atoms with E-state index in [-0.39, 0.29) is 17.7 Å². The molecule has 152 valence electrons. The predicted octanol–water partition coefficient (Wildman–Crippen LogP) is 3.64. The lowest BCUT2D eigenvalue weighted by Gasteiger charge is -2.35. The molecule has 0 bridgehead atoms. The summed E-state index contributed by atoms with van der Waals surface area (Å²) in [6.07, 6.45) is 1.13. The van der Waals surface area contributed by atoms with Crippen molar-refractivity contribution in [3.63, 3.8) is 0 Å². The Morgan fingerprint density at radius 3 is 2.75 bits per heavy atom. The summed E-state index contributed by atoms with van der Waals surface area (Å²) in [7, 11) is 0. The molecule has 2 heterocycles. The first-order chi connectivity index (χ1) is 13.1. The number of piperidine rings is 1. The number of nitrogens with two attached hydrogens (primary N) is 1. The molecular weight excluding hydrogens is 380 g/mol. The van der Waals surface area contributed by atoms with Crippen molar-refractivity contribution in [1.82, 2.24) is 14.5 Å². The fraction of sp³-hybridized carbons (Fsp3) is 0.550. The van der Waals surface area contributed by atoms with Crippen molar-refractivity contribution in [2.24, 2.45) is 5.73 Å². The summed E-state index contributed by atoms with van der Waals surface area (Å²) in [6.45, 7) is 8.26. The highest BCUT2D eigenvalue weighted by molar-refractivity contribution is 6.35. The van der Waals surface area contributed by atoms with Crippen LogP contribution in [0.4, 0.5) is 4.79 Å². The number of halogens is 1. The minimum Gasteiger partial charge on any atom is -0.444 e. The molecule has 1 aromatic heterocycles. The quantitative estimate of drug-likeness (QED) is 0.822. The van der Waals surface area contributed by atoms with E-state index in [9.17, 15) is 9.59 Å². The largest absolute Gasteiger partial charge is 0.444 e. The maximum Gasteiger partial charge on any atom is 0.410 e. The Balaban J connectivity index is 2.03. The van der Waals surface area contributed by atoms with Gasteiger partial charge in [0.15, 0.2) is 0 Å². The molecule has 1 aliphatic heterocycles. The van der Waals surface area contributed by atoms with E-state index in [1.165, 1.54) is 0 Å². The van der Waals surface area contributed by atoms with E-state index in [0.717, 1.165) is 12.8 Å². The fourth-order valence-corrected chi connectivity index (χ4v) is 3.80. The Morgan fingerprint density at radius 1 is 1.39 bits per heavy atom. The molecule has 2 aromatic rings. The van der Waals surface area contributed by atoms with Gasteiger partial charge < -0.3 is 15.4 Å². The van der Waals surface area contributed by atoms with Gasteiger partial charge in [0.1, 0.15) is 11.4 Å². The van der Waals surface area contributed by atoms with Gasteiger partial charge in [0, 0.05) is 13.1 Å². The summed E-state index contributed by atoms with van der Waals surface area (Å²) in [5, 5.41) is 0.739. The zero-order valence-electron chi connectivity index (χ0n) is 16.7. The molecule has 0 radical (unpaired) electrons. The topological polar surface area (TPSA) is 90.5 Å². The Morgan fingerprint density at radius 2 is 2.11 bits per heavy atom. The monoisotopic (exact) mass is 406 g/mol. The lowest BCUT2D eigenvalue weighted by molar-refractivity contribution is 0.0169. The van der Waals surface area contributed by atoms with Gasteiger partial charge >= 0.3 is 6.09 Å². The molecule has 1 aliphatic rings. The van der Waals surface area contributed by atoms with Crippen molar-refractivity contribution in [3.05, 3.63) is 39.4 Å². The summed E-state index contributed by atoms with van der Waals surface area (Å²) in [5.41, 5.74) is 5.87. The summed E-state index contributed by atoms with van der Waals surface area (Å²) < 4.78 is 7.12. The van der Waals surface area contributed by atoms with E-state index < -0.39 is 11.6 Å². The molecule has 2 atom stereocenters. The van der Waals surface area contributed by atoms with Gasteiger partial charge in [-0.1, -0.05) is 17.7 Å². The highest BCUT2D eigenvalue weighted by Crippen LogP contribution is 2.27. The van der Waals surface area contributed by atoms with E-state index in [2.05, 4.69) is 4.98 Å². The van der Waals surface area contributed by atoms with Gasteiger partial charge in [0.25, 0.3) is 5.56 Å². The Bertz CT molecular complexity index is 949. The number of amides is 1. The smallest absolute Gasteiger partial charge is 0.410 e. The molecule has 28 heavy (non-hydrogen) atoms. The van der Waals surface area contributed by atoms with Crippen molar-refractivity contribution in [3.8, 4) is 0 Å². The first kappa shape index (κ1) is 20.6. The van der Waals surface area contributed by atoms with Gasteiger partial charge in [-0.15, -0.1) is 0 Å². The van der Waals surface area contributed by atoms with Crippen LogP contribution in [0.3, 0.4) is 0 Å². The van der Waals surface area contributed by atoms with Gasteiger partial charge in [-0.05, 0) is 52.7 Å². The van der Waals surface area contributed by atoms with Crippen molar-refractivity contribution in [1.29, 1.82) is 0 Å². The van der Waals surface area contributed by atoms with E-state index >= 15 is 0 Å². The van der Waals surface area contributed by atoms with Crippen molar-refractivity contribution < 1.29 is 9.53 Å². The third-order valence-electron chi connectivity index (χ3n) is 4.73. The molecular formula is C20H27ClN4O3. The van der Waals surface area contributed by atoms with Crippen LogP contribution in [-0.2, 0) is 4.74 Å². The average molecular weight is 407 g/mol. The summed E-state index contributed by atoms with van der Waals surface area (Å²) >= 11 is 6.29. The minimum atomic E-state index is -0.574. The third-order valence-corrected chi connectivity index (χ3v) is 5.04. The van der Waals surface area contributed by atoms with Gasteiger partial charge in [0.2, 0.25) is 0 Å². The van der Waals surface area contributed by atoms with Gasteiger partial charge in [-0.2, -0.15) is 0 Å². The van der Waals surface area contributed by atoms with Crippen LogP contribution < -0.4 is 11.3 Å². The van der Waals surface area contributed by atoms with Crippen LogP contribution in [0.2, 0.25) is 5.02 Å². The average Bonchev–Trinajstić information content (AvgIpc) is 2.60. The van der Waals surface area contributed by atoms with E-state index in [1.54, 1.807) is 34.6 Å². The zero-order chi connectivity index (χ0) is 20.6. The first-order valence-corrected chi connectivity index (χ1v) is 9.90. The van der Waals surface area contributed by atoms with Crippen molar-refractivity contribution >= 4 is 28.6 Å². The van der Waals surface area contributed by atoms with Crippen LogP contribution in [0, 0.1) is 0 Å². The van der Waals surface area contributed by atoms with Crippen LogP contribution in [-0.4, -0.2) is 39.2 Å². The highest BCUT2D eigenvalue weighted by Gasteiger charge is 2.31. The highest BCUT2D eigenvalue weighted by atomic mass is 35.5. The number of ether oxygens (including phenoxy) is 1. The number of fused-ring (bicyclic) bond motifs is 1. The second-order valence-electron chi connectivity index (χ2n) is 8.29. The molecule has 1 fully saturated rings. The van der Waals surface area contributed by atoms with Crippen LogP contribution >= 0.6 is 11.6 Å². The molecule has 1 amide bonds. The van der Waals surface area contributed by atoms with E-state index in [1.807, 2.05) is 20.8 Å². The molecule has 7 nitrogen and oxygen atoms in total. The molecule has 0 aliphatic carbocycles. The lowest BCUT2D eigenvalue weighted by Crippen LogP contribution is -2.46. The standard InChI is InChI=1S/C20H27ClN4O3/c1-12(22)17-23-15-9-5-8-14(21)16(15)18(26)25(17)13-7-6-10-24(11-13)19(27)28-20(2,3)4/h5,8-9,12-13H,6-7,10-11,22H2,1-4H3/t12-,13+/m0/s1. The second kappa shape index (κ2) is 7.72. The number of nitrogens with zero attached hydrogens (tertiary/aromatic N) is 3. The summed E-state index contributed by atoms with van der Waals surface area (Å²) in [5.74, 6) is 0.496. The molecule has 1 aromatic carbocycles. The zero-order valence-corrected chi connectivity index (χ0v) is 17.5. The number of hydrogen-bond donors (Lipinski definition) is 1. The Kier molecular flexibility index (Phi) is 5.68. The van der Waals surface area contributed by atoms with Crippen LogP contribution in [0.5, 0.6) is 0 Å². The van der Waals surface area contributed by atoms with Crippen molar-refractivity contribution in [2.75, 3.05) is 13.1 Å². The molecule has 0 saturated carbocycles. The SMILES string of the molecule is C[C@H](N)c1nc2cccc(Cl)c2c(=O)n1[C@@H]1CCCN(C(=O)OC(C)(C)C)C1. The molecule has 2 N–H and O–H groups in total. The maximum atomic E-state index is 13.3. The van der Waals surface area contributed by atoms with Crippen LogP contribution in [0.25, 0.3) is 10.9 Å². The van der Waals surface area contributed by atoms with E-state index in [0.29, 0.717) is 34.8 Å². The molecule has 0 spiro atoms. The second-order valence-corrected chi connectivity index (χ2v) is 8.70. The molecule has 3 rings (SSSR count). The van der Waals surface area contributed by atoms with Gasteiger partial charge in [-0.3, -0.25) is 9.36 Å². The molecule has 1 saturated heterocycles. The van der Waals surface area contributed by atoms with Crippen LogP contribution in [0.1, 0.15) is 58.4 Å². The number of carbonyl (C=O) groups is 1. The number of rotatable bonds is 2. The Labute approximate surface area is 169 Å². The number of likely N-dealkylation sites (tertiary alicyclic amines) is 1. The minimum absolute atomic E-state index is 0.223. The third kappa shape index (κ3) is 4.15. The van der Waals surface area contributed by atoms with Gasteiger partial charge in [-0.25, -0.2) is 9.78 Å². The fourth-order valence-electron chi connectivity index (χ4n) is 3.55. The predicted molar refractivity (Wildman–Crippen MR) is 110 cm³/mol. The maximum absolute atomic E-state index is 13.3. The molecule has 0 unspecified atom stereocenters. The number of benzene rings is 1.